The van der Waals surface area contributed by atoms with Crippen molar-refractivity contribution in [3.05, 3.63) is 108 Å². The number of allylic oxidation sites excluding steroid dienone is 1. The van der Waals surface area contributed by atoms with Crippen LogP contribution in [0.1, 0.15) is 23.6 Å². The number of benzene rings is 2. The first-order valence-electron chi connectivity index (χ1n) is 7.63. The van der Waals surface area contributed by atoms with Gasteiger partial charge in [0.15, 0.2) is 0 Å². The van der Waals surface area contributed by atoms with E-state index in [0.29, 0.717) is 0 Å². The molecule has 1 unspecified atom stereocenters. The molecule has 2 heteroatoms. The van der Waals surface area contributed by atoms with E-state index in [1.54, 1.807) is 12.4 Å². The quantitative estimate of drug-likeness (QED) is 0.773. The molecule has 0 saturated carbocycles. The zero-order valence-corrected chi connectivity index (χ0v) is 13.1. The molecule has 0 radical (unpaired) electrons. The summed E-state index contributed by atoms with van der Waals surface area (Å²) in [5, 5.41) is 11.5. The number of hydrogen-bond acceptors (Lipinski definition) is 2. The van der Waals surface area contributed by atoms with Crippen molar-refractivity contribution in [3.8, 4) is 0 Å². The Morgan fingerprint density at radius 3 is 1.96 bits per heavy atom. The maximum atomic E-state index is 11.5. The molecular formula is C21H19NO. The Morgan fingerprint density at radius 2 is 1.35 bits per heavy atom. The average molecular weight is 301 g/mol. The van der Waals surface area contributed by atoms with Gasteiger partial charge in [-0.2, -0.15) is 0 Å². The molecule has 1 N–H and O–H groups in total. The normalized spacial score (nSPS) is 14.3. The molecule has 2 nitrogen and oxygen atoms in total. The maximum absolute atomic E-state index is 11.5. The molecule has 114 valence electrons. The van der Waals surface area contributed by atoms with Gasteiger partial charge in [0.1, 0.15) is 5.60 Å². The lowest BCUT2D eigenvalue weighted by molar-refractivity contribution is 0.135. The van der Waals surface area contributed by atoms with E-state index in [1.807, 2.05) is 85.8 Å². The van der Waals surface area contributed by atoms with Gasteiger partial charge in [-0.15, -0.1) is 0 Å². The maximum Gasteiger partial charge on any atom is 0.134 e. The summed E-state index contributed by atoms with van der Waals surface area (Å²) >= 11 is 0. The standard InChI is InChI=1S/C21H19NO/c1-17(18-8-4-2-5-9-18)16-21(23,19-10-6-3-7-11-19)20-12-14-22-15-13-20/h2-16,23H,1H3. The Morgan fingerprint density at radius 1 is 0.826 bits per heavy atom. The van der Waals surface area contributed by atoms with Gasteiger partial charge in [0, 0.05) is 12.4 Å². The van der Waals surface area contributed by atoms with E-state index in [9.17, 15) is 5.11 Å². The summed E-state index contributed by atoms with van der Waals surface area (Å²) in [7, 11) is 0. The van der Waals surface area contributed by atoms with Crippen LogP contribution in [0.4, 0.5) is 0 Å². The molecule has 0 amide bonds. The monoisotopic (exact) mass is 301 g/mol. The number of aliphatic hydroxyl groups is 1. The topological polar surface area (TPSA) is 33.1 Å². The number of hydrogen-bond donors (Lipinski definition) is 1. The third-order valence-corrected chi connectivity index (χ3v) is 3.99. The van der Waals surface area contributed by atoms with Gasteiger partial charge in [0.2, 0.25) is 0 Å². The van der Waals surface area contributed by atoms with Crippen LogP contribution in [-0.4, -0.2) is 10.1 Å². The van der Waals surface area contributed by atoms with Crippen molar-refractivity contribution in [2.45, 2.75) is 12.5 Å². The van der Waals surface area contributed by atoms with E-state index in [0.717, 1.165) is 22.3 Å². The van der Waals surface area contributed by atoms with Crippen LogP contribution in [0.15, 0.2) is 91.3 Å². The lowest BCUT2D eigenvalue weighted by Crippen LogP contribution is -2.25. The number of pyridine rings is 1. The van der Waals surface area contributed by atoms with Crippen molar-refractivity contribution in [3.63, 3.8) is 0 Å². The summed E-state index contributed by atoms with van der Waals surface area (Å²) in [6.07, 6.45) is 5.32. The molecule has 1 aromatic heterocycles. The lowest BCUT2D eigenvalue weighted by Gasteiger charge is -2.27. The predicted molar refractivity (Wildman–Crippen MR) is 93.8 cm³/mol. The fraction of sp³-hybridized carbons (Fsp3) is 0.0952. The van der Waals surface area contributed by atoms with Gasteiger partial charge < -0.3 is 5.11 Å². The molecule has 23 heavy (non-hydrogen) atoms. The van der Waals surface area contributed by atoms with Gasteiger partial charge in [-0.05, 0) is 47.4 Å². The summed E-state index contributed by atoms with van der Waals surface area (Å²) in [5.74, 6) is 0. The molecule has 0 aliphatic carbocycles. The molecule has 0 aliphatic heterocycles. The van der Waals surface area contributed by atoms with E-state index < -0.39 is 5.60 Å². The number of rotatable bonds is 4. The van der Waals surface area contributed by atoms with Gasteiger partial charge >= 0.3 is 0 Å². The molecule has 3 aromatic rings. The Hall–Kier alpha value is -2.71. The molecule has 1 heterocycles. The van der Waals surface area contributed by atoms with Crippen LogP contribution < -0.4 is 0 Å². The molecule has 1 atom stereocenters. The summed E-state index contributed by atoms with van der Waals surface area (Å²) in [5.41, 5.74) is 2.56. The predicted octanol–water partition coefficient (Wildman–Crippen LogP) is 4.42. The Balaban J connectivity index is 2.14. The smallest absolute Gasteiger partial charge is 0.134 e. The molecule has 2 aromatic carbocycles. The minimum atomic E-state index is -1.19. The van der Waals surface area contributed by atoms with Crippen LogP contribution in [0.5, 0.6) is 0 Å². The Bertz CT molecular complexity index is 740. The van der Waals surface area contributed by atoms with Crippen LogP contribution in [-0.2, 0) is 5.60 Å². The first kappa shape index (κ1) is 15.2. The minimum absolute atomic E-state index is 0.800. The summed E-state index contributed by atoms with van der Waals surface area (Å²) in [6, 6.07) is 23.5. The molecule has 0 spiro atoms. The summed E-state index contributed by atoms with van der Waals surface area (Å²) in [4.78, 5) is 4.06. The van der Waals surface area contributed by atoms with E-state index in [-0.39, 0.29) is 0 Å². The Kier molecular flexibility index (Phi) is 4.35. The van der Waals surface area contributed by atoms with E-state index in [1.165, 1.54) is 0 Å². The highest BCUT2D eigenvalue weighted by atomic mass is 16.3. The average Bonchev–Trinajstić information content (AvgIpc) is 2.64. The van der Waals surface area contributed by atoms with Gasteiger partial charge in [-0.25, -0.2) is 0 Å². The minimum Gasteiger partial charge on any atom is -0.377 e. The second-order valence-corrected chi connectivity index (χ2v) is 5.56. The van der Waals surface area contributed by atoms with Gasteiger partial charge in [0.05, 0.1) is 0 Å². The van der Waals surface area contributed by atoms with Crippen molar-refractivity contribution >= 4 is 5.57 Å². The van der Waals surface area contributed by atoms with Gasteiger partial charge in [-0.1, -0.05) is 60.7 Å². The lowest BCUT2D eigenvalue weighted by atomic mass is 9.84. The summed E-state index contributed by atoms with van der Waals surface area (Å²) < 4.78 is 0. The third-order valence-electron chi connectivity index (χ3n) is 3.99. The molecule has 0 fully saturated rings. The van der Waals surface area contributed by atoms with Crippen molar-refractivity contribution in [2.24, 2.45) is 0 Å². The zero-order valence-electron chi connectivity index (χ0n) is 13.1. The first-order valence-corrected chi connectivity index (χ1v) is 7.63. The largest absolute Gasteiger partial charge is 0.377 e. The van der Waals surface area contributed by atoms with E-state index in [4.69, 9.17) is 0 Å². The second kappa shape index (κ2) is 6.59. The first-order chi connectivity index (χ1) is 11.2. The Labute approximate surface area is 136 Å². The number of aromatic nitrogens is 1. The summed E-state index contributed by atoms with van der Waals surface area (Å²) in [6.45, 7) is 2.02. The molecule has 3 rings (SSSR count). The second-order valence-electron chi connectivity index (χ2n) is 5.56. The van der Waals surface area contributed by atoms with Crippen molar-refractivity contribution in [2.75, 3.05) is 0 Å². The third kappa shape index (κ3) is 3.22. The molecule has 0 bridgehead atoms. The molecular weight excluding hydrogens is 282 g/mol. The van der Waals surface area contributed by atoms with Crippen LogP contribution in [0, 0.1) is 0 Å². The van der Waals surface area contributed by atoms with E-state index in [2.05, 4.69) is 4.98 Å². The van der Waals surface area contributed by atoms with Crippen LogP contribution in [0.25, 0.3) is 5.57 Å². The highest BCUT2D eigenvalue weighted by Crippen LogP contribution is 2.33. The molecule has 0 aliphatic rings. The fourth-order valence-corrected chi connectivity index (χ4v) is 2.73. The van der Waals surface area contributed by atoms with Gasteiger partial charge in [-0.3, -0.25) is 4.98 Å². The van der Waals surface area contributed by atoms with Crippen LogP contribution in [0.3, 0.4) is 0 Å². The highest BCUT2D eigenvalue weighted by molar-refractivity contribution is 5.66. The number of nitrogens with zero attached hydrogens (tertiary/aromatic N) is 1. The SMILES string of the molecule is CC(=CC(O)(c1ccccc1)c1ccncc1)c1ccccc1. The molecule has 0 saturated heterocycles. The van der Waals surface area contributed by atoms with Crippen molar-refractivity contribution in [1.82, 2.24) is 4.98 Å². The van der Waals surface area contributed by atoms with Gasteiger partial charge in [0.25, 0.3) is 0 Å². The fourth-order valence-electron chi connectivity index (χ4n) is 2.73. The van der Waals surface area contributed by atoms with Crippen LogP contribution >= 0.6 is 0 Å². The van der Waals surface area contributed by atoms with Crippen LogP contribution in [0.2, 0.25) is 0 Å². The highest BCUT2D eigenvalue weighted by Gasteiger charge is 2.29. The van der Waals surface area contributed by atoms with Crippen molar-refractivity contribution in [1.29, 1.82) is 0 Å². The van der Waals surface area contributed by atoms with E-state index >= 15 is 0 Å². The van der Waals surface area contributed by atoms with Crippen molar-refractivity contribution < 1.29 is 5.11 Å². The zero-order chi connectivity index (χ0) is 16.1.